The molecule has 0 aliphatic carbocycles. The van der Waals surface area contributed by atoms with E-state index in [-0.39, 0.29) is 18.1 Å². The number of hydrogen-bond donors (Lipinski definition) is 1. The van der Waals surface area contributed by atoms with Crippen LogP contribution in [0.3, 0.4) is 0 Å². The molecule has 1 N–H and O–H groups in total. The molecule has 0 aromatic heterocycles. The van der Waals surface area contributed by atoms with Crippen molar-refractivity contribution < 1.29 is 32.0 Å². The first-order valence-electron chi connectivity index (χ1n) is 13.6. The quantitative estimate of drug-likeness (QED) is 0.0671. The fourth-order valence-corrected chi connectivity index (χ4v) is 3.60. The van der Waals surface area contributed by atoms with Gasteiger partial charge in [-0.15, -0.1) is 0 Å². The molecule has 0 atom stereocenters. The number of unbranched alkanes of at least 4 members (excludes halogenated alkanes) is 15. The van der Waals surface area contributed by atoms with E-state index in [1.807, 2.05) is 0 Å². The molecule has 0 rings (SSSR count). The van der Waals surface area contributed by atoms with E-state index in [0.717, 1.165) is 6.42 Å². The van der Waals surface area contributed by atoms with Crippen molar-refractivity contribution in [1.29, 1.82) is 0 Å². The van der Waals surface area contributed by atoms with Gasteiger partial charge in [0.15, 0.2) is 0 Å². The summed E-state index contributed by atoms with van der Waals surface area (Å²) in [5.41, 5.74) is 0.678. The molecule has 8 heteroatoms. The molecule has 0 bridgehead atoms. The predicted molar refractivity (Wildman–Crippen MR) is 148 cm³/mol. The summed E-state index contributed by atoms with van der Waals surface area (Å²) in [6.45, 7) is 12.5. The van der Waals surface area contributed by atoms with Crippen molar-refractivity contribution in [3.05, 3.63) is 24.3 Å². The number of carbonyl (C=O) groups excluding carboxylic acids is 2. The molecule has 0 aliphatic heterocycles. The minimum atomic E-state index is -4.05. The summed E-state index contributed by atoms with van der Waals surface area (Å²) in [5, 5.41) is 0. The van der Waals surface area contributed by atoms with E-state index >= 15 is 0 Å². The Hall–Kier alpha value is -1.67. The molecular formula is C28H52O7S. The fraction of sp³-hybridized carbons (Fsp3) is 0.786. The molecule has 0 heterocycles. The predicted octanol–water partition coefficient (Wildman–Crippen LogP) is 7.36. The van der Waals surface area contributed by atoms with Gasteiger partial charge >= 0.3 is 11.9 Å². The molecule has 7 nitrogen and oxygen atoms in total. The van der Waals surface area contributed by atoms with Crippen LogP contribution < -0.4 is 0 Å². The Kier molecular flexibility index (Phi) is 25.3. The summed E-state index contributed by atoms with van der Waals surface area (Å²) in [5.74, 6) is -1.51. The lowest BCUT2D eigenvalue weighted by Gasteiger charge is -2.05. The Bertz CT molecular complexity index is 699. The van der Waals surface area contributed by atoms with E-state index in [4.69, 9.17) is 9.29 Å². The SMILES string of the molecule is C=C(C)C(=O)OCCCCCCCCCCCCCCCCCC.C=C(C)C(=O)OCCS(=O)(=O)O. The van der Waals surface area contributed by atoms with Crippen LogP contribution in [0.15, 0.2) is 24.3 Å². The molecule has 0 saturated carbocycles. The van der Waals surface area contributed by atoms with Crippen LogP contribution in [0.1, 0.15) is 124 Å². The maximum atomic E-state index is 11.2. The zero-order valence-corrected chi connectivity index (χ0v) is 24.0. The van der Waals surface area contributed by atoms with Crippen LogP contribution in [0.25, 0.3) is 0 Å². The third-order valence-corrected chi connectivity index (χ3v) is 6.18. The third-order valence-electron chi connectivity index (χ3n) is 5.50. The first-order valence-corrected chi connectivity index (χ1v) is 15.2. The minimum Gasteiger partial charge on any atom is -0.462 e. The first-order chi connectivity index (χ1) is 17.0. The summed E-state index contributed by atoms with van der Waals surface area (Å²) in [7, 11) is -4.05. The first kappa shape index (κ1) is 36.5. The van der Waals surface area contributed by atoms with E-state index in [0.29, 0.717) is 12.2 Å². The summed E-state index contributed by atoms with van der Waals surface area (Å²) < 4.78 is 38.0. The highest BCUT2D eigenvalue weighted by molar-refractivity contribution is 7.85. The Morgan fingerprint density at radius 3 is 1.22 bits per heavy atom. The number of rotatable bonds is 22. The van der Waals surface area contributed by atoms with E-state index in [1.165, 1.54) is 103 Å². The normalized spacial score (nSPS) is 10.8. The van der Waals surface area contributed by atoms with Gasteiger partial charge in [0.05, 0.1) is 6.61 Å². The largest absolute Gasteiger partial charge is 0.462 e. The van der Waals surface area contributed by atoms with Gasteiger partial charge in [0.1, 0.15) is 12.4 Å². The number of hydrogen-bond acceptors (Lipinski definition) is 6. The molecule has 0 amide bonds. The molecule has 212 valence electrons. The summed E-state index contributed by atoms with van der Waals surface area (Å²) in [6, 6.07) is 0. The monoisotopic (exact) mass is 532 g/mol. The number of esters is 2. The Labute approximate surface area is 220 Å². The minimum absolute atomic E-state index is 0.185. The van der Waals surface area contributed by atoms with Gasteiger partial charge in [-0.1, -0.05) is 116 Å². The molecule has 0 saturated heterocycles. The molecule has 0 aromatic rings. The van der Waals surface area contributed by atoms with Crippen molar-refractivity contribution in [3.63, 3.8) is 0 Å². The van der Waals surface area contributed by atoms with Crippen LogP contribution in [-0.4, -0.2) is 43.9 Å². The van der Waals surface area contributed by atoms with Crippen LogP contribution in [0.4, 0.5) is 0 Å². The van der Waals surface area contributed by atoms with Gasteiger partial charge in [-0.3, -0.25) is 4.55 Å². The van der Waals surface area contributed by atoms with Gasteiger partial charge in [0, 0.05) is 11.1 Å². The summed E-state index contributed by atoms with van der Waals surface area (Å²) in [4.78, 5) is 21.8. The summed E-state index contributed by atoms with van der Waals surface area (Å²) in [6.07, 6.45) is 21.7. The van der Waals surface area contributed by atoms with Gasteiger partial charge < -0.3 is 9.47 Å². The standard InChI is InChI=1S/C22H42O2.C6H10O5S/c1-4-5-6-7-8-9-10-11-12-13-14-15-16-17-18-19-20-24-22(23)21(2)3;1-5(2)6(7)11-3-4-12(8,9)10/h2,4-20H2,1,3H3;1,3-4H2,2H3,(H,8,9,10). The van der Waals surface area contributed by atoms with Crippen molar-refractivity contribution in [2.45, 2.75) is 124 Å². The van der Waals surface area contributed by atoms with Crippen LogP contribution >= 0.6 is 0 Å². The zero-order chi connectivity index (χ0) is 27.7. The molecule has 0 aliphatic rings. The van der Waals surface area contributed by atoms with Crippen LogP contribution in [-0.2, 0) is 29.2 Å². The molecule has 0 fully saturated rings. The molecule has 0 spiro atoms. The second-order valence-electron chi connectivity index (χ2n) is 9.42. The van der Waals surface area contributed by atoms with E-state index in [2.05, 4.69) is 24.8 Å². The maximum absolute atomic E-state index is 11.2. The van der Waals surface area contributed by atoms with Gasteiger partial charge in [0.25, 0.3) is 10.1 Å². The van der Waals surface area contributed by atoms with E-state index in [1.54, 1.807) is 6.92 Å². The lowest BCUT2D eigenvalue weighted by Crippen LogP contribution is -2.14. The Morgan fingerprint density at radius 2 is 0.917 bits per heavy atom. The molecular weight excluding hydrogens is 480 g/mol. The fourth-order valence-electron chi connectivity index (χ4n) is 3.30. The highest BCUT2D eigenvalue weighted by Gasteiger charge is 2.07. The van der Waals surface area contributed by atoms with Crippen LogP contribution in [0.5, 0.6) is 0 Å². The Balaban J connectivity index is 0. The third kappa shape index (κ3) is 30.4. The lowest BCUT2D eigenvalue weighted by molar-refractivity contribution is -0.139. The zero-order valence-electron chi connectivity index (χ0n) is 23.2. The average molecular weight is 533 g/mol. The highest BCUT2D eigenvalue weighted by Crippen LogP contribution is 2.13. The van der Waals surface area contributed by atoms with Gasteiger partial charge in [-0.05, 0) is 20.3 Å². The second kappa shape index (κ2) is 25.0. The average Bonchev–Trinajstić information content (AvgIpc) is 2.80. The second-order valence-corrected chi connectivity index (χ2v) is 11.0. The van der Waals surface area contributed by atoms with Crippen molar-refractivity contribution in [3.8, 4) is 0 Å². The Morgan fingerprint density at radius 1 is 0.611 bits per heavy atom. The van der Waals surface area contributed by atoms with E-state index < -0.39 is 21.8 Å². The topological polar surface area (TPSA) is 107 Å². The van der Waals surface area contributed by atoms with Crippen LogP contribution in [0, 0.1) is 0 Å². The van der Waals surface area contributed by atoms with E-state index in [9.17, 15) is 18.0 Å². The van der Waals surface area contributed by atoms with Crippen molar-refractivity contribution >= 4 is 22.1 Å². The lowest BCUT2D eigenvalue weighted by atomic mass is 10.0. The molecule has 0 unspecified atom stereocenters. The van der Waals surface area contributed by atoms with Crippen molar-refractivity contribution in [2.24, 2.45) is 0 Å². The van der Waals surface area contributed by atoms with Crippen LogP contribution in [0.2, 0.25) is 0 Å². The van der Waals surface area contributed by atoms with Crippen molar-refractivity contribution in [1.82, 2.24) is 0 Å². The van der Waals surface area contributed by atoms with Gasteiger partial charge in [0.2, 0.25) is 0 Å². The molecule has 36 heavy (non-hydrogen) atoms. The number of carbonyl (C=O) groups is 2. The summed E-state index contributed by atoms with van der Waals surface area (Å²) >= 11 is 0. The molecule has 0 aromatic carbocycles. The van der Waals surface area contributed by atoms with Crippen molar-refractivity contribution in [2.75, 3.05) is 19.0 Å². The molecule has 0 radical (unpaired) electrons. The van der Waals surface area contributed by atoms with Gasteiger partial charge in [-0.2, -0.15) is 8.42 Å². The highest BCUT2D eigenvalue weighted by atomic mass is 32.2. The maximum Gasteiger partial charge on any atom is 0.333 e. The number of ether oxygens (including phenoxy) is 2. The van der Waals surface area contributed by atoms with Gasteiger partial charge in [-0.25, -0.2) is 9.59 Å². The smallest absolute Gasteiger partial charge is 0.333 e.